The third-order valence-electron chi connectivity index (χ3n) is 5.13. The number of amides is 1. The van der Waals surface area contributed by atoms with Gasteiger partial charge < -0.3 is 9.64 Å². The molecule has 0 aliphatic carbocycles. The van der Waals surface area contributed by atoms with E-state index >= 15 is 0 Å². The molecule has 8 nitrogen and oxygen atoms in total. The summed E-state index contributed by atoms with van der Waals surface area (Å²) in [5, 5.41) is 4.45. The monoisotopic (exact) mass is 392 g/mol. The zero-order valence-corrected chi connectivity index (χ0v) is 16.7. The molecule has 1 fully saturated rings. The normalized spacial score (nSPS) is 14.8. The highest BCUT2D eigenvalue weighted by atomic mass is 16.5. The van der Waals surface area contributed by atoms with E-state index in [9.17, 15) is 4.79 Å². The van der Waals surface area contributed by atoms with Gasteiger partial charge in [0.2, 0.25) is 5.88 Å². The molecule has 0 bridgehead atoms. The van der Waals surface area contributed by atoms with Gasteiger partial charge in [-0.25, -0.2) is 14.6 Å². The summed E-state index contributed by atoms with van der Waals surface area (Å²) in [6, 6.07) is 7.40. The summed E-state index contributed by atoms with van der Waals surface area (Å²) in [6.45, 7) is 5.96. The summed E-state index contributed by atoms with van der Waals surface area (Å²) in [4.78, 5) is 27.0. The van der Waals surface area contributed by atoms with Crippen LogP contribution in [0.5, 0.6) is 5.88 Å². The van der Waals surface area contributed by atoms with Gasteiger partial charge in [-0.1, -0.05) is 0 Å². The minimum Gasteiger partial charge on any atom is -0.477 e. The predicted molar refractivity (Wildman–Crippen MR) is 107 cm³/mol. The van der Waals surface area contributed by atoms with E-state index in [0.717, 1.165) is 37.3 Å². The second-order valence-electron chi connectivity index (χ2n) is 7.34. The summed E-state index contributed by atoms with van der Waals surface area (Å²) in [5.41, 5.74) is 2.59. The second-order valence-corrected chi connectivity index (χ2v) is 7.34. The Hall–Kier alpha value is -3.29. The summed E-state index contributed by atoms with van der Waals surface area (Å²) in [6.07, 6.45) is 6.60. The first-order chi connectivity index (χ1) is 14.1. The van der Waals surface area contributed by atoms with Crippen molar-refractivity contribution in [2.24, 2.45) is 5.92 Å². The maximum Gasteiger partial charge on any atom is 0.255 e. The molecule has 1 amide bonds. The molecule has 0 radical (unpaired) electrons. The number of rotatable bonds is 5. The number of hydrogen-bond acceptors (Lipinski definition) is 6. The molecular weight excluding hydrogens is 368 g/mol. The van der Waals surface area contributed by atoms with Crippen LogP contribution in [-0.2, 0) is 0 Å². The van der Waals surface area contributed by atoms with Gasteiger partial charge in [-0.2, -0.15) is 5.10 Å². The van der Waals surface area contributed by atoms with Gasteiger partial charge in [0.1, 0.15) is 6.33 Å². The summed E-state index contributed by atoms with van der Waals surface area (Å²) in [7, 11) is 0. The van der Waals surface area contributed by atoms with Crippen LogP contribution in [0.4, 0.5) is 0 Å². The van der Waals surface area contributed by atoms with Gasteiger partial charge in [-0.15, -0.1) is 0 Å². The fourth-order valence-corrected chi connectivity index (χ4v) is 3.56. The number of carbonyl (C=O) groups is 1. The number of likely N-dealkylation sites (tertiary alicyclic amines) is 1. The third kappa shape index (κ3) is 4.42. The number of pyridine rings is 1. The van der Waals surface area contributed by atoms with Crippen molar-refractivity contribution in [3.05, 3.63) is 59.9 Å². The lowest BCUT2D eigenvalue weighted by Crippen LogP contribution is -2.39. The maximum absolute atomic E-state index is 12.5. The Morgan fingerprint density at radius 2 is 2.03 bits per heavy atom. The third-order valence-corrected chi connectivity index (χ3v) is 5.13. The van der Waals surface area contributed by atoms with Crippen molar-refractivity contribution >= 4 is 5.91 Å². The average Bonchev–Trinajstić information content (AvgIpc) is 3.11. The maximum atomic E-state index is 12.5. The fourth-order valence-electron chi connectivity index (χ4n) is 3.56. The lowest BCUT2D eigenvalue weighted by atomic mass is 9.97. The lowest BCUT2D eigenvalue weighted by Gasteiger charge is -2.31. The molecule has 1 aliphatic heterocycles. The predicted octanol–water partition coefficient (Wildman–Crippen LogP) is 2.61. The van der Waals surface area contributed by atoms with E-state index in [-0.39, 0.29) is 5.91 Å². The Morgan fingerprint density at radius 3 is 2.72 bits per heavy atom. The Morgan fingerprint density at radius 1 is 1.21 bits per heavy atom. The van der Waals surface area contributed by atoms with Crippen molar-refractivity contribution in [2.45, 2.75) is 26.7 Å². The van der Waals surface area contributed by atoms with Gasteiger partial charge >= 0.3 is 0 Å². The van der Waals surface area contributed by atoms with Crippen LogP contribution in [0.25, 0.3) is 5.82 Å². The molecule has 150 valence electrons. The number of nitrogens with zero attached hydrogens (tertiary/aromatic N) is 6. The number of carbonyl (C=O) groups excluding carboxylic acids is 1. The van der Waals surface area contributed by atoms with Gasteiger partial charge in [-0.3, -0.25) is 9.78 Å². The Balaban J connectivity index is 1.31. The average molecular weight is 392 g/mol. The SMILES string of the molecule is Cc1cc(C)n(-c2cc(OCC3CCN(C(=O)c4cccnc4)CC3)ncn2)n1. The Labute approximate surface area is 169 Å². The van der Waals surface area contributed by atoms with E-state index in [2.05, 4.69) is 20.1 Å². The molecule has 0 N–H and O–H groups in total. The van der Waals surface area contributed by atoms with Crippen LogP contribution >= 0.6 is 0 Å². The van der Waals surface area contributed by atoms with E-state index in [0.29, 0.717) is 29.8 Å². The fraction of sp³-hybridized carbons (Fsp3) is 0.381. The van der Waals surface area contributed by atoms with Crippen LogP contribution in [0.15, 0.2) is 43.0 Å². The molecule has 0 saturated carbocycles. The second kappa shape index (κ2) is 8.38. The number of aryl methyl sites for hydroxylation is 2. The zero-order valence-electron chi connectivity index (χ0n) is 16.7. The molecule has 0 spiro atoms. The molecule has 1 saturated heterocycles. The van der Waals surface area contributed by atoms with Gasteiger partial charge in [0.15, 0.2) is 5.82 Å². The van der Waals surface area contributed by atoms with E-state index < -0.39 is 0 Å². The smallest absolute Gasteiger partial charge is 0.255 e. The molecular formula is C21H24N6O2. The highest BCUT2D eigenvalue weighted by Crippen LogP contribution is 2.21. The van der Waals surface area contributed by atoms with Crippen LogP contribution < -0.4 is 4.74 Å². The first-order valence-electron chi connectivity index (χ1n) is 9.78. The molecule has 0 aromatic carbocycles. The molecule has 4 rings (SSSR count). The zero-order chi connectivity index (χ0) is 20.2. The number of piperidine rings is 1. The molecule has 0 unspecified atom stereocenters. The van der Waals surface area contributed by atoms with E-state index in [1.165, 1.54) is 6.33 Å². The van der Waals surface area contributed by atoms with Crippen molar-refractivity contribution in [1.29, 1.82) is 0 Å². The summed E-state index contributed by atoms with van der Waals surface area (Å²) >= 11 is 0. The van der Waals surface area contributed by atoms with Crippen LogP contribution in [0.3, 0.4) is 0 Å². The van der Waals surface area contributed by atoms with Crippen molar-refractivity contribution in [3.8, 4) is 11.7 Å². The van der Waals surface area contributed by atoms with Crippen LogP contribution in [0, 0.1) is 19.8 Å². The Kier molecular flexibility index (Phi) is 5.50. The van der Waals surface area contributed by atoms with E-state index in [4.69, 9.17) is 4.74 Å². The van der Waals surface area contributed by atoms with Gasteiger partial charge in [0.05, 0.1) is 17.9 Å². The molecule has 8 heteroatoms. The number of aromatic nitrogens is 5. The quantitative estimate of drug-likeness (QED) is 0.663. The van der Waals surface area contributed by atoms with Crippen molar-refractivity contribution in [1.82, 2.24) is 29.6 Å². The minimum atomic E-state index is 0.0443. The molecule has 0 atom stereocenters. The largest absolute Gasteiger partial charge is 0.477 e. The highest BCUT2D eigenvalue weighted by molar-refractivity contribution is 5.93. The lowest BCUT2D eigenvalue weighted by molar-refractivity contribution is 0.0659. The van der Waals surface area contributed by atoms with Crippen molar-refractivity contribution in [2.75, 3.05) is 19.7 Å². The van der Waals surface area contributed by atoms with Gasteiger partial charge in [-0.05, 0) is 50.8 Å². The van der Waals surface area contributed by atoms with Crippen molar-refractivity contribution < 1.29 is 9.53 Å². The number of hydrogen-bond donors (Lipinski definition) is 0. The number of ether oxygens (including phenoxy) is 1. The summed E-state index contributed by atoms with van der Waals surface area (Å²) in [5.74, 6) is 1.66. The van der Waals surface area contributed by atoms with Gasteiger partial charge in [0.25, 0.3) is 5.91 Å². The van der Waals surface area contributed by atoms with Crippen molar-refractivity contribution in [3.63, 3.8) is 0 Å². The van der Waals surface area contributed by atoms with Gasteiger partial charge in [0, 0.05) is 37.2 Å². The molecule has 3 aromatic rings. The topological polar surface area (TPSA) is 86.0 Å². The molecule has 4 heterocycles. The molecule has 3 aromatic heterocycles. The Bertz CT molecular complexity index is 980. The first-order valence-corrected chi connectivity index (χ1v) is 9.78. The molecule has 29 heavy (non-hydrogen) atoms. The standard InChI is InChI=1S/C21H24N6O2/c1-15-10-16(2)27(25-15)19-11-20(24-14-23-19)29-13-17-5-8-26(9-6-17)21(28)18-4-3-7-22-12-18/h3-4,7,10-12,14,17H,5-6,8-9,13H2,1-2H3. The molecule has 1 aliphatic rings. The minimum absolute atomic E-state index is 0.0443. The highest BCUT2D eigenvalue weighted by Gasteiger charge is 2.24. The van der Waals surface area contributed by atoms with Crippen LogP contribution in [-0.4, -0.2) is 55.2 Å². The first kappa shape index (κ1) is 19.0. The van der Waals surface area contributed by atoms with E-state index in [1.807, 2.05) is 24.8 Å². The van der Waals surface area contributed by atoms with Crippen LogP contribution in [0.1, 0.15) is 34.6 Å². The summed E-state index contributed by atoms with van der Waals surface area (Å²) < 4.78 is 7.71. The van der Waals surface area contributed by atoms with E-state index in [1.54, 1.807) is 35.3 Å². The van der Waals surface area contributed by atoms with Crippen LogP contribution in [0.2, 0.25) is 0 Å².